The number of hydrogen-bond acceptors (Lipinski definition) is 9. The Morgan fingerprint density at radius 2 is 1.04 bits per heavy atom. The minimum absolute atomic E-state index is 0.537. The van der Waals surface area contributed by atoms with Crippen molar-refractivity contribution in [1.29, 1.82) is 0 Å². The van der Waals surface area contributed by atoms with Crippen molar-refractivity contribution in [2.24, 2.45) is 22.6 Å². The highest BCUT2D eigenvalue weighted by molar-refractivity contribution is 7.79. The number of nitrogens with zero attached hydrogens (tertiary/aromatic N) is 5. The highest BCUT2D eigenvalue weighted by Crippen LogP contribution is 2.81. The monoisotopic (exact) mass is 463 g/mol. The van der Waals surface area contributed by atoms with Crippen molar-refractivity contribution < 1.29 is 43.9 Å². The van der Waals surface area contributed by atoms with Crippen molar-refractivity contribution in [1.82, 2.24) is 0 Å². The summed E-state index contributed by atoms with van der Waals surface area (Å²) < 4.78 is 110. The van der Waals surface area contributed by atoms with Crippen LogP contribution in [0.2, 0.25) is 0 Å². The van der Waals surface area contributed by atoms with Gasteiger partial charge >= 0.3 is 31.1 Å². The highest BCUT2D eigenvalue weighted by Gasteiger charge is 2.39. The van der Waals surface area contributed by atoms with Crippen LogP contribution in [0.15, 0.2) is 22.6 Å². The Balaban J connectivity index is 4.13. The normalized spacial score (nSPS) is 42.6. The summed E-state index contributed by atoms with van der Waals surface area (Å²) >= 11 is 0. The van der Waals surface area contributed by atoms with Crippen molar-refractivity contribution in [2.45, 2.75) is 0 Å². The van der Waals surface area contributed by atoms with Gasteiger partial charge in [0, 0.05) is 21.3 Å². The van der Waals surface area contributed by atoms with Gasteiger partial charge in [0.1, 0.15) is 6.35 Å². The van der Waals surface area contributed by atoms with E-state index in [1.165, 1.54) is 0 Å². The molecular weight excluding hydrogens is 451 g/mol. The Morgan fingerprint density at radius 1 is 0.667 bits per heavy atom. The minimum atomic E-state index is -6.19. The van der Waals surface area contributed by atoms with Gasteiger partial charge in [-0.05, 0) is 0 Å². The fourth-order valence-electron chi connectivity index (χ4n) is 1.10. The van der Waals surface area contributed by atoms with Crippen molar-refractivity contribution in [3.8, 4) is 0 Å². The van der Waals surface area contributed by atoms with E-state index in [2.05, 4.69) is 36.1 Å². The lowest BCUT2D eigenvalue weighted by molar-refractivity contribution is 0.361. The van der Waals surface area contributed by atoms with Gasteiger partial charge in [0.2, 0.25) is 0 Å². The Kier molecular flexibility index (Phi) is 7.22. The molecule has 0 bridgehead atoms. The molecule has 0 radical (unpaired) electrons. The van der Waals surface area contributed by atoms with Crippen LogP contribution in [0.25, 0.3) is 0 Å². The maximum Gasteiger partial charge on any atom is 0.423 e. The van der Waals surface area contributed by atoms with Crippen LogP contribution >= 0.6 is 38.6 Å². The molecule has 4 atom stereocenters. The maximum atomic E-state index is 14.4. The van der Waals surface area contributed by atoms with Crippen molar-refractivity contribution in [2.75, 3.05) is 27.7 Å². The minimum Gasteiger partial charge on any atom is -0.386 e. The van der Waals surface area contributed by atoms with E-state index in [0.29, 0.717) is 21.3 Å². The largest absolute Gasteiger partial charge is 0.423 e. The van der Waals surface area contributed by atoms with Gasteiger partial charge in [-0.1, -0.05) is 0 Å². The highest BCUT2D eigenvalue weighted by atomic mass is 31.3. The predicted molar refractivity (Wildman–Crippen MR) is 81.5 cm³/mol. The second kappa shape index (κ2) is 7.67. The molecule has 9 nitrogen and oxygen atoms in total. The first-order chi connectivity index (χ1) is 10.8. The molecule has 0 saturated carbocycles. The Labute approximate surface area is 133 Å². The van der Waals surface area contributed by atoms with Crippen LogP contribution in [0, 0.1) is 0 Å². The first-order valence-corrected chi connectivity index (χ1v) is 13.2. The summed E-state index contributed by atoms with van der Waals surface area (Å²) in [7, 11) is -25.8. The molecule has 4 unspecified atom stereocenters. The molecule has 144 valence electrons. The zero-order valence-corrected chi connectivity index (χ0v) is 16.6. The van der Waals surface area contributed by atoms with Gasteiger partial charge in [0.05, 0.1) is 0 Å². The zero-order chi connectivity index (χ0) is 18.9. The molecule has 24 heavy (non-hydrogen) atoms. The summed E-state index contributed by atoms with van der Waals surface area (Å²) in [6, 6.07) is 0. The predicted octanol–water partition coefficient (Wildman–Crippen LogP) is 7.52. The molecule has 1 rings (SSSR count). The summed E-state index contributed by atoms with van der Waals surface area (Å²) in [5.41, 5.74) is 0. The maximum absolute atomic E-state index is 14.4. The van der Waals surface area contributed by atoms with E-state index < -0.39 is 44.9 Å². The van der Waals surface area contributed by atoms with Gasteiger partial charge in [-0.3, -0.25) is 0 Å². The third kappa shape index (κ3) is 5.79. The van der Waals surface area contributed by atoms with Crippen molar-refractivity contribution >= 4 is 38.6 Å². The van der Waals surface area contributed by atoms with Gasteiger partial charge in [-0.15, -0.1) is 21.9 Å². The second-order valence-electron chi connectivity index (χ2n) is 3.65. The van der Waals surface area contributed by atoms with Crippen LogP contribution in [0.1, 0.15) is 0 Å². The quantitative estimate of drug-likeness (QED) is 0.344. The first-order valence-electron chi connectivity index (χ1n) is 5.42. The zero-order valence-electron chi connectivity index (χ0n) is 12.1. The molecule has 1 aliphatic rings. The Morgan fingerprint density at radius 3 is 1.42 bits per heavy atom. The van der Waals surface area contributed by atoms with Crippen LogP contribution in [0.5, 0.6) is 0 Å². The fourth-order valence-corrected chi connectivity index (χ4v) is 11.5. The lowest BCUT2D eigenvalue weighted by Gasteiger charge is -2.18. The number of hydrogen-bond donors (Lipinski definition) is 1. The van der Waals surface area contributed by atoms with Crippen LogP contribution < -0.4 is 0 Å². The van der Waals surface area contributed by atoms with Gasteiger partial charge in [-0.2, -0.15) is 25.8 Å². The average molecular weight is 463 g/mol. The van der Waals surface area contributed by atoms with Gasteiger partial charge in [0.15, 0.2) is 0 Å². The number of rotatable bonds is 4. The van der Waals surface area contributed by atoms with Gasteiger partial charge in [0.25, 0.3) is 7.52 Å². The van der Waals surface area contributed by atoms with Crippen LogP contribution in [0.3, 0.4) is 0 Å². The molecule has 1 aliphatic heterocycles. The third-order valence-corrected chi connectivity index (χ3v) is 13.0. The molecule has 0 aliphatic carbocycles. The molecule has 20 heteroatoms. The van der Waals surface area contributed by atoms with E-state index in [9.17, 15) is 25.2 Å². The first kappa shape index (κ1) is 22.6. The smallest absolute Gasteiger partial charge is 0.386 e. The summed E-state index contributed by atoms with van der Waals surface area (Å²) in [4.78, 5) is 0. The van der Waals surface area contributed by atoms with Crippen LogP contribution in [-0.2, 0) is 13.6 Å². The van der Waals surface area contributed by atoms with E-state index >= 15 is 0 Å². The Hall–Kier alpha value is 0.570. The molecule has 0 fully saturated rings. The second-order valence-corrected chi connectivity index (χ2v) is 13.6. The van der Waals surface area contributed by atoms with Crippen LogP contribution in [-0.4, -0.2) is 32.8 Å². The number of aliphatic hydroxyl groups excluding tert-OH is 1. The molecule has 0 aromatic rings. The van der Waals surface area contributed by atoms with E-state index in [0.717, 1.165) is 0 Å². The SMILES string of the molecule is COP1(F)=NP(F)(CO)=NP(F)(F)=NP(F)(OC)=NP(F)(OC)=N1. The molecule has 1 heterocycles. The molecule has 0 spiro atoms. The van der Waals surface area contributed by atoms with Gasteiger partial charge < -0.3 is 18.7 Å². The summed E-state index contributed by atoms with van der Waals surface area (Å²) in [5, 5.41) is 8.89. The fraction of sp³-hybridized carbons (Fsp3) is 1.00. The van der Waals surface area contributed by atoms with Crippen molar-refractivity contribution in [3.63, 3.8) is 0 Å². The van der Waals surface area contributed by atoms with Crippen molar-refractivity contribution in [3.05, 3.63) is 0 Å². The number of halogens is 6. The lowest BCUT2D eigenvalue weighted by Crippen LogP contribution is -1.85. The van der Waals surface area contributed by atoms with E-state index in [1.807, 2.05) is 0 Å². The Bertz CT molecular complexity index is 764. The summed E-state index contributed by atoms with van der Waals surface area (Å²) in [6.07, 6.45) is -1.77. The topological polar surface area (TPSA) is 110 Å². The molecule has 0 aromatic carbocycles. The van der Waals surface area contributed by atoms with E-state index in [-0.39, 0.29) is 0 Å². The third-order valence-electron chi connectivity index (χ3n) is 2.03. The summed E-state index contributed by atoms with van der Waals surface area (Å²) in [6.45, 7) is 0. The lowest BCUT2D eigenvalue weighted by atomic mass is 11.7. The molecule has 0 saturated heterocycles. The average Bonchev–Trinajstić information content (AvgIpc) is 2.44. The van der Waals surface area contributed by atoms with Crippen LogP contribution in [0.4, 0.5) is 25.2 Å². The molecule has 1 N–H and O–H groups in total. The summed E-state index contributed by atoms with van der Waals surface area (Å²) in [5.74, 6) is 0. The van der Waals surface area contributed by atoms with Gasteiger partial charge in [-0.25, -0.2) is 0 Å². The molecule has 0 amide bonds. The van der Waals surface area contributed by atoms with E-state index in [1.54, 1.807) is 0 Å². The number of aliphatic hydroxyl groups is 1. The molecule has 0 aromatic heterocycles. The molecular formula is C4H12F6N5O4P5. The van der Waals surface area contributed by atoms with E-state index in [4.69, 9.17) is 5.11 Å². The standard InChI is InChI=1S/C4H12F6N5O4P5/c1-17-22(8)12-20(5,4-16)11-21(6,7)13-23(9,18-2)15-24(10,14-22)19-3/h16H,4H2,1-3H3.